The fourth-order valence-corrected chi connectivity index (χ4v) is 9.58. The van der Waals surface area contributed by atoms with Crippen molar-refractivity contribution in [2.45, 2.75) is 0 Å². The minimum absolute atomic E-state index is 0.648. The topological polar surface area (TPSA) is 56.7 Å². The molecule has 0 amide bonds. The maximum absolute atomic E-state index is 6.85. The van der Waals surface area contributed by atoms with Crippen LogP contribution >= 0.6 is 11.3 Å². The van der Waals surface area contributed by atoms with E-state index in [-0.39, 0.29) is 0 Å². The van der Waals surface area contributed by atoms with E-state index in [1.54, 1.807) is 11.3 Å². The van der Waals surface area contributed by atoms with Crippen LogP contribution in [0.3, 0.4) is 0 Å². The SMILES string of the molecule is c1ccc(-c2nc(-c3ccccc3)nc(-c3cccc4sc5ccc(-c6cccc7c6oc6cc(-n8c9ccccc9c9ccccc98)ccc67)cc5c34)n2)cc1. The van der Waals surface area contributed by atoms with Crippen molar-refractivity contribution in [3.63, 3.8) is 0 Å². The third-order valence-electron chi connectivity index (χ3n) is 11.1. The van der Waals surface area contributed by atoms with E-state index in [0.29, 0.717) is 17.5 Å². The Bertz CT molecular complexity index is 3420. The molecule has 0 atom stereocenters. The summed E-state index contributed by atoms with van der Waals surface area (Å²) in [5.74, 6) is 1.95. The monoisotopic (exact) mass is 746 g/mol. The Morgan fingerprint density at radius 1 is 0.404 bits per heavy atom. The molecule has 0 spiro atoms. The van der Waals surface area contributed by atoms with Crippen LogP contribution in [0.4, 0.5) is 0 Å². The van der Waals surface area contributed by atoms with Crippen molar-refractivity contribution in [3.05, 3.63) is 182 Å². The molecule has 0 aliphatic heterocycles. The third kappa shape index (κ3) is 5.04. The number of nitrogens with zero attached hydrogens (tertiary/aromatic N) is 4. The maximum Gasteiger partial charge on any atom is 0.164 e. The molecule has 0 fully saturated rings. The average Bonchev–Trinajstić information content (AvgIpc) is 3.96. The van der Waals surface area contributed by atoms with Crippen LogP contribution in [0.2, 0.25) is 0 Å². The number of thiophene rings is 1. The number of para-hydroxylation sites is 3. The molecule has 0 unspecified atom stereocenters. The van der Waals surface area contributed by atoms with Gasteiger partial charge in [-0.3, -0.25) is 0 Å². The Balaban J connectivity index is 1.03. The molecule has 8 aromatic carbocycles. The zero-order valence-corrected chi connectivity index (χ0v) is 31.2. The van der Waals surface area contributed by atoms with Crippen LogP contribution in [-0.4, -0.2) is 19.5 Å². The lowest BCUT2D eigenvalue weighted by Crippen LogP contribution is -2.00. The van der Waals surface area contributed by atoms with Crippen molar-refractivity contribution in [3.8, 4) is 51.0 Å². The summed E-state index contributed by atoms with van der Waals surface area (Å²) in [6.45, 7) is 0. The molecule has 0 saturated carbocycles. The highest BCUT2D eigenvalue weighted by atomic mass is 32.1. The molecule has 12 aromatic rings. The molecule has 4 aromatic heterocycles. The quantitative estimate of drug-likeness (QED) is 0.176. The van der Waals surface area contributed by atoms with E-state index in [2.05, 4.69) is 126 Å². The lowest BCUT2D eigenvalue weighted by atomic mass is 9.99. The number of hydrogen-bond acceptors (Lipinski definition) is 5. The number of rotatable bonds is 5. The van der Waals surface area contributed by atoms with E-state index in [1.165, 1.54) is 31.2 Å². The van der Waals surface area contributed by atoms with Crippen LogP contribution in [0.5, 0.6) is 0 Å². The molecule has 12 rings (SSSR count). The predicted molar refractivity (Wildman–Crippen MR) is 236 cm³/mol. The zero-order chi connectivity index (χ0) is 37.5. The van der Waals surface area contributed by atoms with Gasteiger partial charge in [-0.25, -0.2) is 15.0 Å². The standard InChI is InChI=1S/C51H30N4OS/c1-3-13-31(14-4-1)49-52-50(32-15-5-2-6-16-32)54-51(53-49)40-21-12-24-46-47(40)41-29-33(25-28-45(41)57-46)35-19-11-20-39-38-27-26-34(30-44(38)56-48(35)39)55-42-22-9-7-17-36(42)37-18-8-10-23-43(37)55/h1-30H. The minimum atomic E-state index is 0.648. The van der Waals surface area contributed by atoms with E-state index in [0.717, 1.165) is 66.2 Å². The summed E-state index contributed by atoms with van der Waals surface area (Å²) in [4.78, 5) is 15.2. The first-order valence-electron chi connectivity index (χ1n) is 19.0. The summed E-state index contributed by atoms with van der Waals surface area (Å²) < 4.78 is 11.6. The summed E-state index contributed by atoms with van der Waals surface area (Å²) >= 11 is 1.79. The highest BCUT2D eigenvalue weighted by Crippen LogP contribution is 2.43. The average molecular weight is 747 g/mol. The van der Waals surface area contributed by atoms with E-state index >= 15 is 0 Å². The zero-order valence-electron chi connectivity index (χ0n) is 30.4. The summed E-state index contributed by atoms with van der Waals surface area (Å²) in [7, 11) is 0. The van der Waals surface area contributed by atoms with Crippen LogP contribution in [0.25, 0.3) is 115 Å². The fourth-order valence-electron chi connectivity index (χ4n) is 8.46. The number of furan rings is 1. The van der Waals surface area contributed by atoms with Crippen molar-refractivity contribution in [1.29, 1.82) is 0 Å². The molecule has 266 valence electrons. The summed E-state index contributed by atoms with van der Waals surface area (Å²) in [5, 5.41) is 6.97. The smallest absolute Gasteiger partial charge is 0.164 e. The first kappa shape index (κ1) is 31.9. The molecule has 4 heterocycles. The van der Waals surface area contributed by atoms with Gasteiger partial charge in [0.05, 0.1) is 11.0 Å². The second kappa shape index (κ2) is 12.6. The van der Waals surface area contributed by atoms with Crippen LogP contribution in [-0.2, 0) is 0 Å². The molecule has 0 saturated heterocycles. The molecule has 0 radical (unpaired) electrons. The van der Waals surface area contributed by atoms with Gasteiger partial charge in [0, 0.05) is 75.7 Å². The second-order valence-electron chi connectivity index (χ2n) is 14.4. The maximum atomic E-state index is 6.85. The Labute approximate surface area is 330 Å². The van der Waals surface area contributed by atoms with E-state index < -0.39 is 0 Å². The highest BCUT2D eigenvalue weighted by Gasteiger charge is 2.20. The number of fused-ring (bicyclic) bond motifs is 9. The fraction of sp³-hybridized carbons (Fsp3) is 0. The third-order valence-corrected chi connectivity index (χ3v) is 12.2. The highest BCUT2D eigenvalue weighted by molar-refractivity contribution is 7.26. The van der Waals surface area contributed by atoms with Gasteiger partial charge in [0.2, 0.25) is 0 Å². The summed E-state index contributed by atoms with van der Waals surface area (Å²) in [6.07, 6.45) is 0. The van der Waals surface area contributed by atoms with Crippen LogP contribution < -0.4 is 0 Å². The van der Waals surface area contributed by atoms with Crippen molar-refractivity contribution >= 4 is 75.3 Å². The molecule has 0 bridgehead atoms. The molecular formula is C51H30N4OS. The largest absolute Gasteiger partial charge is 0.455 e. The Morgan fingerprint density at radius 3 is 1.74 bits per heavy atom. The number of hydrogen-bond donors (Lipinski definition) is 0. The number of benzene rings is 8. The molecule has 5 nitrogen and oxygen atoms in total. The van der Waals surface area contributed by atoms with Gasteiger partial charge in [-0.1, -0.05) is 133 Å². The van der Waals surface area contributed by atoms with Crippen molar-refractivity contribution in [2.75, 3.05) is 0 Å². The van der Waals surface area contributed by atoms with E-state index in [1.807, 2.05) is 60.7 Å². The van der Waals surface area contributed by atoms with Crippen LogP contribution in [0.15, 0.2) is 186 Å². The van der Waals surface area contributed by atoms with Gasteiger partial charge in [-0.15, -0.1) is 11.3 Å². The first-order chi connectivity index (χ1) is 28.2. The molecule has 57 heavy (non-hydrogen) atoms. The Hall–Kier alpha value is -7.41. The number of aromatic nitrogens is 4. The first-order valence-corrected chi connectivity index (χ1v) is 19.8. The Kier molecular flexibility index (Phi) is 7.03. The second-order valence-corrected chi connectivity index (χ2v) is 15.4. The summed E-state index contributed by atoms with van der Waals surface area (Å²) in [5.41, 5.74) is 10.2. The van der Waals surface area contributed by atoms with Gasteiger partial charge < -0.3 is 8.98 Å². The Morgan fingerprint density at radius 2 is 1.02 bits per heavy atom. The molecule has 0 aliphatic carbocycles. The molecular weight excluding hydrogens is 717 g/mol. The lowest BCUT2D eigenvalue weighted by Gasteiger charge is -2.10. The van der Waals surface area contributed by atoms with E-state index in [9.17, 15) is 0 Å². The molecule has 6 heteroatoms. The van der Waals surface area contributed by atoms with Crippen LogP contribution in [0.1, 0.15) is 0 Å². The van der Waals surface area contributed by atoms with Gasteiger partial charge in [-0.05, 0) is 48.0 Å². The van der Waals surface area contributed by atoms with Crippen molar-refractivity contribution < 1.29 is 4.42 Å². The van der Waals surface area contributed by atoms with Gasteiger partial charge in [0.25, 0.3) is 0 Å². The van der Waals surface area contributed by atoms with Gasteiger partial charge in [0.15, 0.2) is 17.5 Å². The molecule has 0 aliphatic rings. The van der Waals surface area contributed by atoms with Crippen molar-refractivity contribution in [2.24, 2.45) is 0 Å². The van der Waals surface area contributed by atoms with E-state index in [4.69, 9.17) is 19.4 Å². The van der Waals surface area contributed by atoms with Gasteiger partial charge in [0.1, 0.15) is 11.2 Å². The normalized spacial score (nSPS) is 11.9. The van der Waals surface area contributed by atoms with Gasteiger partial charge in [-0.2, -0.15) is 0 Å². The predicted octanol–water partition coefficient (Wildman–Crippen LogP) is 13.9. The lowest BCUT2D eigenvalue weighted by molar-refractivity contribution is 0.669. The molecule has 0 N–H and O–H groups in total. The minimum Gasteiger partial charge on any atom is -0.455 e. The van der Waals surface area contributed by atoms with Crippen LogP contribution in [0, 0.1) is 0 Å². The summed E-state index contributed by atoms with van der Waals surface area (Å²) in [6, 6.07) is 63.7. The van der Waals surface area contributed by atoms with Crippen molar-refractivity contribution in [1.82, 2.24) is 19.5 Å². The van der Waals surface area contributed by atoms with Gasteiger partial charge >= 0.3 is 0 Å².